The first-order valence-electron chi connectivity index (χ1n) is 8.35. The minimum absolute atomic E-state index is 0.460. The van der Waals surface area contributed by atoms with Crippen molar-refractivity contribution in [2.75, 3.05) is 13.2 Å². The number of aromatic nitrogens is 2. The number of hydrogen-bond donors (Lipinski definition) is 0. The summed E-state index contributed by atoms with van der Waals surface area (Å²) >= 11 is 0. The highest BCUT2D eigenvalue weighted by Gasteiger charge is 2.05. The number of allylic oxidation sites excluding steroid dienone is 2. The average Bonchev–Trinajstić information content (AvgIpc) is 2.67. The number of hydrogen-bond acceptors (Lipinski definition) is 5. The van der Waals surface area contributed by atoms with Gasteiger partial charge in [-0.3, -0.25) is 0 Å². The molecule has 0 fully saturated rings. The van der Waals surface area contributed by atoms with Crippen LogP contribution in [0.1, 0.15) is 0 Å². The molecule has 0 atom stereocenters. The van der Waals surface area contributed by atoms with Crippen molar-refractivity contribution in [1.82, 2.24) is 9.97 Å². The molecule has 1 aromatic heterocycles. The van der Waals surface area contributed by atoms with Gasteiger partial charge in [0.15, 0.2) is 5.82 Å². The first kappa shape index (κ1) is 16.0. The van der Waals surface area contributed by atoms with Gasteiger partial charge in [-0.1, -0.05) is 24.3 Å². The Labute approximate surface area is 150 Å². The number of nitrogens with zero attached hydrogens (tertiary/aromatic N) is 3. The smallest absolute Gasteiger partial charge is 0.163 e. The van der Waals surface area contributed by atoms with Crippen LogP contribution in [-0.2, 0) is 4.74 Å². The van der Waals surface area contributed by atoms with Crippen LogP contribution in [-0.4, -0.2) is 23.2 Å². The fourth-order valence-electron chi connectivity index (χ4n) is 2.65. The highest BCUT2D eigenvalue weighted by molar-refractivity contribution is 5.88. The zero-order valence-corrected chi connectivity index (χ0v) is 14.1. The monoisotopic (exact) mass is 343 g/mol. The summed E-state index contributed by atoms with van der Waals surface area (Å²) in [7, 11) is 0. The Hall–Kier alpha value is -3.47. The largest absolute Gasteiger partial charge is 0.497 e. The molecule has 2 heterocycles. The number of benzene rings is 2. The van der Waals surface area contributed by atoms with Gasteiger partial charge < -0.3 is 9.47 Å². The Morgan fingerprint density at radius 1 is 0.923 bits per heavy atom. The van der Waals surface area contributed by atoms with Crippen molar-refractivity contribution in [1.29, 1.82) is 0 Å². The Morgan fingerprint density at radius 3 is 2.88 bits per heavy atom. The molecule has 3 aromatic rings. The van der Waals surface area contributed by atoms with Crippen LogP contribution >= 0.6 is 0 Å². The summed E-state index contributed by atoms with van der Waals surface area (Å²) in [5.74, 6) is 1.37. The molecule has 0 N–H and O–H groups in total. The van der Waals surface area contributed by atoms with Gasteiger partial charge in [-0.2, -0.15) is 0 Å². The summed E-state index contributed by atoms with van der Waals surface area (Å²) in [6.45, 7) is 0.924. The third-order valence-electron chi connectivity index (χ3n) is 3.92. The fourth-order valence-corrected chi connectivity index (χ4v) is 2.65. The topological polar surface area (TPSA) is 56.6 Å². The van der Waals surface area contributed by atoms with Crippen LogP contribution in [0.4, 0.5) is 5.82 Å². The van der Waals surface area contributed by atoms with E-state index in [-0.39, 0.29) is 0 Å². The molecule has 0 spiro atoms. The van der Waals surface area contributed by atoms with Crippen LogP contribution in [0.25, 0.3) is 17.0 Å². The first-order valence-corrected chi connectivity index (χ1v) is 8.35. The lowest BCUT2D eigenvalue weighted by molar-refractivity contribution is 0.300. The van der Waals surface area contributed by atoms with Crippen molar-refractivity contribution >= 4 is 22.8 Å². The van der Waals surface area contributed by atoms with Crippen molar-refractivity contribution in [3.05, 3.63) is 83.9 Å². The summed E-state index contributed by atoms with van der Waals surface area (Å²) in [5.41, 5.74) is 0.829. The van der Waals surface area contributed by atoms with Crippen molar-refractivity contribution in [3.63, 3.8) is 0 Å². The summed E-state index contributed by atoms with van der Waals surface area (Å²) in [4.78, 5) is 13.5. The van der Waals surface area contributed by atoms with Gasteiger partial charge in [0, 0.05) is 5.39 Å². The summed E-state index contributed by atoms with van der Waals surface area (Å²) in [5, 5.41) is 2.67. The van der Waals surface area contributed by atoms with Gasteiger partial charge in [0.05, 0.1) is 17.1 Å². The van der Waals surface area contributed by atoms with E-state index in [4.69, 9.17) is 14.5 Å². The Bertz CT molecular complexity index is 1100. The lowest BCUT2D eigenvalue weighted by atomic mass is 10.2. The van der Waals surface area contributed by atoms with Crippen LogP contribution in [0, 0.1) is 0 Å². The molecule has 0 aliphatic carbocycles. The molecule has 5 nitrogen and oxygen atoms in total. The molecule has 0 amide bonds. The molecule has 2 aromatic carbocycles. The molecule has 0 saturated carbocycles. The first-order chi connectivity index (χ1) is 12.9. The van der Waals surface area contributed by atoms with Crippen LogP contribution in [0.15, 0.2) is 78.3 Å². The van der Waals surface area contributed by atoms with Crippen LogP contribution in [0.3, 0.4) is 0 Å². The molecule has 0 radical (unpaired) electrons. The number of fused-ring (bicyclic) bond motifs is 2. The second kappa shape index (κ2) is 7.61. The van der Waals surface area contributed by atoms with Crippen LogP contribution in [0.2, 0.25) is 0 Å². The summed E-state index contributed by atoms with van der Waals surface area (Å²) in [6, 6.07) is 13.7. The standard InChI is InChI=1S/C21H17N3O2/c1-4-11-25-13-10-16-6-2-3-7-19(16)24-21-18-14-17(26-12-5-1)8-9-20(18)22-15-23-21/h1-11,14-15H,12-13H2/b5-1+,11-4+,16-10+,24-19+. The number of ether oxygens (including phenoxy) is 2. The fraction of sp³-hybridized carbons (Fsp3) is 0.0952. The van der Waals surface area contributed by atoms with Crippen molar-refractivity contribution in [3.8, 4) is 5.75 Å². The summed E-state index contributed by atoms with van der Waals surface area (Å²) < 4.78 is 11.3. The number of rotatable bonds is 0. The second-order valence-corrected chi connectivity index (χ2v) is 5.65. The van der Waals surface area contributed by atoms with E-state index >= 15 is 0 Å². The maximum absolute atomic E-state index is 5.77. The van der Waals surface area contributed by atoms with Crippen molar-refractivity contribution < 1.29 is 9.47 Å². The molecule has 5 heteroatoms. The Morgan fingerprint density at radius 2 is 1.88 bits per heavy atom. The lowest BCUT2D eigenvalue weighted by Crippen LogP contribution is -2.24. The lowest BCUT2D eigenvalue weighted by Gasteiger charge is -2.06. The molecule has 2 bridgehead atoms. The van der Waals surface area contributed by atoms with Gasteiger partial charge in [0.25, 0.3) is 0 Å². The predicted octanol–water partition coefficient (Wildman–Crippen LogP) is 2.84. The molecule has 26 heavy (non-hydrogen) atoms. The molecule has 1 aliphatic heterocycles. The highest BCUT2D eigenvalue weighted by Crippen LogP contribution is 2.25. The van der Waals surface area contributed by atoms with E-state index in [1.807, 2.05) is 66.8 Å². The Balaban J connectivity index is 1.92. The molecule has 128 valence electrons. The zero-order chi connectivity index (χ0) is 17.6. The van der Waals surface area contributed by atoms with Gasteiger partial charge in [-0.05, 0) is 47.7 Å². The average molecular weight is 343 g/mol. The molecular formula is C21H17N3O2. The van der Waals surface area contributed by atoms with E-state index in [2.05, 4.69) is 9.97 Å². The quantitative estimate of drug-likeness (QED) is 0.630. The van der Waals surface area contributed by atoms with E-state index < -0.39 is 0 Å². The van der Waals surface area contributed by atoms with Gasteiger partial charge >= 0.3 is 0 Å². The van der Waals surface area contributed by atoms with E-state index in [0.29, 0.717) is 19.0 Å². The van der Waals surface area contributed by atoms with E-state index in [1.54, 1.807) is 6.26 Å². The third-order valence-corrected chi connectivity index (χ3v) is 3.92. The normalized spacial score (nSPS) is 19.1. The maximum atomic E-state index is 5.77. The van der Waals surface area contributed by atoms with E-state index in [1.165, 1.54) is 6.33 Å². The molecule has 1 aliphatic rings. The second-order valence-electron chi connectivity index (χ2n) is 5.65. The highest BCUT2D eigenvalue weighted by atomic mass is 16.5. The predicted molar refractivity (Wildman–Crippen MR) is 101 cm³/mol. The SMILES string of the molecule is C1=C/COc2ccc3ncnc(c3c2)/N=c2\cccc\c2=C/CO/C=C/1. The molecule has 0 unspecified atom stereocenters. The van der Waals surface area contributed by atoms with Crippen molar-refractivity contribution in [2.45, 2.75) is 0 Å². The molecular weight excluding hydrogens is 326 g/mol. The summed E-state index contributed by atoms with van der Waals surface area (Å²) in [6.07, 6.45) is 10.8. The molecule has 0 saturated heterocycles. The van der Waals surface area contributed by atoms with Gasteiger partial charge in [0.2, 0.25) is 0 Å². The maximum Gasteiger partial charge on any atom is 0.163 e. The minimum atomic E-state index is 0.460. The minimum Gasteiger partial charge on any atom is -0.497 e. The van der Waals surface area contributed by atoms with Gasteiger partial charge in [-0.25, -0.2) is 15.0 Å². The Kier molecular flexibility index (Phi) is 4.69. The van der Waals surface area contributed by atoms with E-state index in [9.17, 15) is 0 Å². The number of para-hydroxylation sites is 1. The van der Waals surface area contributed by atoms with Crippen molar-refractivity contribution in [2.24, 2.45) is 4.99 Å². The van der Waals surface area contributed by atoms with Crippen LogP contribution in [0.5, 0.6) is 5.75 Å². The van der Waals surface area contributed by atoms with E-state index in [0.717, 1.165) is 27.2 Å². The van der Waals surface area contributed by atoms with Gasteiger partial charge in [0.1, 0.15) is 25.3 Å². The van der Waals surface area contributed by atoms with Crippen LogP contribution < -0.4 is 15.3 Å². The zero-order valence-electron chi connectivity index (χ0n) is 14.1. The molecule has 4 rings (SSSR count). The third kappa shape index (κ3) is 3.62. The van der Waals surface area contributed by atoms with Gasteiger partial charge in [-0.15, -0.1) is 0 Å².